The van der Waals surface area contributed by atoms with Crippen molar-refractivity contribution in [3.8, 4) is 23.3 Å². The normalized spacial score (nSPS) is 16.2. The fraction of sp³-hybridized carbons (Fsp3) is 0.316. The van der Waals surface area contributed by atoms with Crippen LogP contribution in [0.15, 0.2) is 29.1 Å². The van der Waals surface area contributed by atoms with E-state index in [2.05, 4.69) is 4.98 Å². The smallest absolute Gasteiger partial charge is 0.268 e. The van der Waals surface area contributed by atoms with Crippen LogP contribution in [0.2, 0.25) is 0 Å². The highest BCUT2D eigenvalue weighted by atomic mass is 16.5. The number of pyridine rings is 1. The summed E-state index contributed by atoms with van der Waals surface area (Å²) in [5.74, 6) is -0.0459. The number of benzene rings is 1. The molecule has 1 aromatic heterocycles. The fourth-order valence-corrected chi connectivity index (χ4v) is 2.98. The first-order valence-electron chi connectivity index (χ1n) is 8.28. The van der Waals surface area contributed by atoms with Crippen LogP contribution in [0, 0.1) is 22.7 Å². The topological polar surface area (TPSA) is 125 Å². The summed E-state index contributed by atoms with van der Waals surface area (Å²) in [6.45, 7) is 1.79. The standard InChI is InChI=1S/C19H18N4O3/c20-8-15-17(16(9-21)19(24)23-18(15)22)13-5-3-12(4-6-13)10-25-11-14-2-1-7-26-14/h3-6,14H,1-2,7,10-11H2,(H3,22,23,24). The molecule has 0 aliphatic carbocycles. The molecule has 7 heteroatoms. The number of H-pyrrole nitrogens is 1. The molecule has 3 rings (SSSR count). The summed E-state index contributed by atoms with van der Waals surface area (Å²) in [4.78, 5) is 14.3. The molecule has 0 radical (unpaired) electrons. The Hall–Kier alpha value is -3.13. The van der Waals surface area contributed by atoms with Gasteiger partial charge >= 0.3 is 0 Å². The fourth-order valence-electron chi connectivity index (χ4n) is 2.98. The van der Waals surface area contributed by atoms with Gasteiger partial charge in [0.1, 0.15) is 29.1 Å². The molecule has 7 nitrogen and oxygen atoms in total. The molecule has 1 saturated heterocycles. The first kappa shape index (κ1) is 17.7. The second kappa shape index (κ2) is 7.83. The Morgan fingerprint density at radius 1 is 1.23 bits per heavy atom. The SMILES string of the molecule is N#Cc1c(N)[nH]c(=O)c(C#N)c1-c1ccc(COCC2CCCO2)cc1. The maximum atomic E-state index is 12.0. The monoisotopic (exact) mass is 350 g/mol. The Bertz CT molecular complexity index is 929. The molecule has 1 aliphatic heterocycles. The minimum absolute atomic E-state index is 0.0459. The molecule has 2 aromatic rings. The number of nitrogens with one attached hydrogen (secondary N) is 1. The third-order valence-corrected chi connectivity index (χ3v) is 4.31. The molecule has 1 atom stereocenters. The number of nitrogen functional groups attached to an aromatic ring is 1. The number of nitrogens with zero attached hydrogens (tertiary/aromatic N) is 2. The zero-order chi connectivity index (χ0) is 18.5. The lowest BCUT2D eigenvalue weighted by molar-refractivity contribution is 0.0106. The van der Waals surface area contributed by atoms with Gasteiger partial charge in [0.15, 0.2) is 0 Å². The Labute approximate surface area is 150 Å². The molecule has 26 heavy (non-hydrogen) atoms. The van der Waals surface area contributed by atoms with E-state index < -0.39 is 5.56 Å². The first-order valence-corrected chi connectivity index (χ1v) is 8.28. The van der Waals surface area contributed by atoms with Gasteiger partial charge in [0.2, 0.25) is 0 Å². The van der Waals surface area contributed by atoms with Crippen molar-refractivity contribution in [2.75, 3.05) is 18.9 Å². The van der Waals surface area contributed by atoms with Gasteiger partial charge < -0.3 is 20.2 Å². The summed E-state index contributed by atoms with van der Waals surface area (Å²) < 4.78 is 11.2. The molecule has 0 spiro atoms. The number of hydrogen-bond donors (Lipinski definition) is 2. The first-order chi connectivity index (χ1) is 12.6. The van der Waals surface area contributed by atoms with Gasteiger partial charge in [-0.15, -0.1) is 0 Å². The van der Waals surface area contributed by atoms with E-state index >= 15 is 0 Å². The highest BCUT2D eigenvalue weighted by Crippen LogP contribution is 2.28. The van der Waals surface area contributed by atoms with Crippen molar-refractivity contribution in [3.63, 3.8) is 0 Å². The van der Waals surface area contributed by atoms with Gasteiger partial charge in [0, 0.05) is 12.2 Å². The molecule has 132 valence electrons. The van der Waals surface area contributed by atoms with Crippen molar-refractivity contribution in [1.29, 1.82) is 10.5 Å². The summed E-state index contributed by atoms with van der Waals surface area (Å²) in [6, 6.07) is 11.0. The maximum Gasteiger partial charge on any atom is 0.268 e. The average molecular weight is 350 g/mol. The van der Waals surface area contributed by atoms with Crippen molar-refractivity contribution in [2.45, 2.75) is 25.6 Å². The lowest BCUT2D eigenvalue weighted by atomic mass is 9.96. The molecular formula is C19H18N4O3. The summed E-state index contributed by atoms with van der Waals surface area (Å²) in [6.07, 6.45) is 2.27. The number of anilines is 1. The van der Waals surface area contributed by atoms with Crippen LogP contribution in [0.1, 0.15) is 29.5 Å². The van der Waals surface area contributed by atoms with Crippen molar-refractivity contribution in [1.82, 2.24) is 4.98 Å². The number of hydrogen-bond acceptors (Lipinski definition) is 6. The molecular weight excluding hydrogens is 332 g/mol. The summed E-state index contributed by atoms with van der Waals surface area (Å²) in [5, 5.41) is 18.6. The van der Waals surface area contributed by atoms with Crippen molar-refractivity contribution < 1.29 is 9.47 Å². The minimum Gasteiger partial charge on any atom is -0.384 e. The van der Waals surface area contributed by atoms with Crippen LogP contribution in [0.3, 0.4) is 0 Å². The van der Waals surface area contributed by atoms with Crippen LogP contribution in [0.4, 0.5) is 5.82 Å². The largest absolute Gasteiger partial charge is 0.384 e. The average Bonchev–Trinajstić information content (AvgIpc) is 3.15. The van der Waals surface area contributed by atoms with E-state index in [-0.39, 0.29) is 28.6 Å². The van der Waals surface area contributed by atoms with E-state index in [1.807, 2.05) is 24.3 Å². The van der Waals surface area contributed by atoms with E-state index in [0.29, 0.717) is 18.8 Å². The summed E-state index contributed by atoms with van der Waals surface area (Å²) >= 11 is 0. The van der Waals surface area contributed by atoms with Gasteiger partial charge in [-0.25, -0.2) is 0 Å². The number of rotatable bonds is 5. The highest BCUT2D eigenvalue weighted by molar-refractivity contribution is 5.80. The molecule has 0 saturated carbocycles. The van der Waals surface area contributed by atoms with Crippen molar-refractivity contribution >= 4 is 5.82 Å². The van der Waals surface area contributed by atoms with Crippen molar-refractivity contribution in [2.24, 2.45) is 0 Å². The predicted molar refractivity (Wildman–Crippen MR) is 95.0 cm³/mol. The van der Waals surface area contributed by atoms with Crippen molar-refractivity contribution in [3.05, 3.63) is 51.3 Å². The van der Waals surface area contributed by atoms with E-state index in [1.165, 1.54) is 0 Å². The second-order valence-electron chi connectivity index (χ2n) is 6.06. The predicted octanol–water partition coefficient (Wildman–Crippen LogP) is 2.06. The van der Waals surface area contributed by atoms with Gasteiger partial charge in [0.25, 0.3) is 5.56 Å². The maximum absolute atomic E-state index is 12.0. The molecule has 1 unspecified atom stereocenters. The minimum atomic E-state index is -0.608. The lowest BCUT2D eigenvalue weighted by Crippen LogP contribution is -2.16. The van der Waals surface area contributed by atoms with E-state index in [4.69, 9.17) is 15.2 Å². The zero-order valence-corrected chi connectivity index (χ0v) is 14.1. The van der Waals surface area contributed by atoms with Gasteiger partial charge in [0.05, 0.1) is 19.3 Å². The number of nitrogens with two attached hydrogens (primary N) is 1. The van der Waals surface area contributed by atoms with Crippen LogP contribution in [-0.4, -0.2) is 24.3 Å². The molecule has 3 N–H and O–H groups in total. The van der Waals surface area contributed by atoms with Gasteiger partial charge in [-0.2, -0.15) is 10.5 Å². The van der Waals surface area contributed by atoms with Crippen LogP contribution in [0.25, 0.3) is 11.1 Å². The van der Waals surface area contributed by atoms with Gasteiger partial charge in [-0.05, 0) is 24.0 Å². The molecule has 0 amide bonds. The number of ether oxygens (including phenoxy) is 2. The van der Waals surface area contributed by atoms with Gasteiger partial charge in [-0.1, -0.05) is 24.3 Å². The highest BCUT2D eigenvalue weighted by Gasteiger charge is 2.18. The zero-order valence-electron chi connectivity index (χ0n) is 14.1. The Balaban J connectivity index is 1.81. The van der Waals surface area contributed by atoms with Crippen LogP contribution in [0.5, 0.6) is 0 Å². The second-order valence-corrected chi connectivity index (χ2v) is 6.06. The Kier molecular flexibility index (Phi) is 5.33. The molecule has 1 fully saturated rings. The molecule has 1 aliphatic rings. The summed E-state index contributed by atoms with van der Waals surface area (Å²) in [5.41, 5.74) is 6.86. The van der Waals surface area contributed by atoms with Gasteiger partial charge in [-0.3, -0.25) is 4.79 Å². The third-order valence-electron chi connectivity index (χ3n) is 4.31. The molecule has 1 aromatic carbocycles. The quantitative estimate of drug-likeness (QED) is 0.850. The third kappa shape index (κ3) is 3.60. The lowest BCUT2D eigenvalue weighted by Gasteiger charge is -2.11. The number of aromatic nitrogens is 1. The van der Waals surface area contributed by atoms with Crippen LogP contribution < -0.4 is 11.3 Å². The van der Waals surface area contributed by atoms with Crippen LogP contribution in [-0.2, 0) is 16.1 Å². The van der Waals surface area contributed by atoms with E-state index in [1.54, 1.807) is 12.1 Å². The molecule has 0 bridgehead atoms. The Morgan fingerprint density at radius 2 is 1.96 bits per heavy atom. The molecule has 2 heterocycles. The number of aromatic amines is 1. The van der Waals surface area contributed by atoms with Crippen LogP contribution >= 0.6 is 0 Å². The Morgan fingerprint density at radius 3 is 2.58 bits per heavy atom. The summed E-state index contributed by atoms with van der Waals surface area (Å²) in [7, 11) is 0. The number of nitriles is 2. The van der Waals surface area contributed by atoms with E-state index in [0.717, 1.165) is 25.0 Å². The van der Waals surface area contributed by atoms with E-state index in [9.17, 15) is 15.3 Å².